The van der Waals surface area contributed by atoms with Crippen molar-refractivity contribution in [3.63, 3.8) is 0 Å². The third kappa shape index (κ3) is 1.34. The van der Waals surface area contributed by atoms with E-state index >= 15 is 0 Å². The summed E-state index contributed by atoms with van der Waals surface area (Å²) in [7, 11) is 0. The van der Waals surface area contributed by atoms with Crippen molar-refractivity contribution >= 4 is 5.69 Å². The van der Waals surface area contributed by atoms with Crippen molar-refractivity contribution in [1.29, 1.82) is 0 Å². The molecule has 1 aromatic carbocycles. The van der Waals surface area contributed by atoms with E-state index < -0.39 is 0 Å². The summed E-state index contributed by atoms with van der Waals surface area (Å²) in [6.45, 7) is 0.626. The molecule has 0 aromatic heterocycles. The molecular weight excluding hydrogens is 186 g/mol. The lowest BCUT2D eigenvalue weighted by molar-refractivity contribution is 0.366. The van der Waals surface area contributed by atoms with Crippen LogP contribution in [0.1, 0.15) is 0 Å². The molecule has 74 valence electrons. The number of fused-ring (bicyclic) bond motifs is 3. The van der Waals surface area contributed by atoms with Crippen LogP contribution in [0.3, 0.4) is 0 Å². The van der Waals surface area contributed by atoms with E-state index in [4.69, 9.17) is 4.74 Å². The number of para-hydroxylation sites is 2. The van der Waals surface area contributed by atoms with Crippen LogP contribution in [0.4, 0.5) is 5.69 Å². The van der Waals surface area contributed by atoms with Crippen LogP contribution in [0.2, 0.25) is 0 Å². The zero-order chi connectivity index (χ0) is 10.1. The number of ether oxygens (including phenoxy) is 1. The van der Waals surface area contributed by atoms with Crippen LogP contribution in [-0.4, -0.2) is 6.61 Å². The van der Waals surface area contributed by atoms with Gasteiger partial charge in [0.15, 0.2) is 0 Å². The average molecular weight is 197 g/mol. The van der Waals surface area contributed by atoms with Crippen molar-refractivity contribution < 1.29 is 4.74 Å². The van der Waals surface area contributed by atoms with Crippen LogP contribution >= 0.6 is 0 Å². The Kier molecular flexibility index (Phi) is 1.85. The van der Waals surface area contributed by atoms with Crippen molar-refractivity contribution in [2.45, 2.75) is 0 Å². The van der Waals surface area contributed by atoms with E-state index in [0.29, 0.717) is 6.61 Å². The molecule has 2 aliphatic heterocycles. The van der Waals surface area contributed by atoms with Gasteiger partial charge in [-0.05, 0) is 30.4 Å². The summed E-state index contributed by atoms with van der Waals surface area (Å²) in [6, 6.07) is 8.08. The van der Waals surface area contributed by atoms with E-state index in [-0.39, 0.29) is 0 Å². The first-order chi connectivity index (χ1) is 7.45. The van der Waals surface area contributed by atoms with Gasteiger partial charge in [0.1, 0.15) is 12.4 Å². The predicted octanol–water partition coefficient (Wildman–Crippen LogP) is 2.85. The second-order valence-electron chi connectivity index (χ2n) is 3.48. The summed E-state index contributed by atoms with van der Waals surface area (Å²) < 4.78 is 5.65. The largest absolute Gasteiger partial charge is 0.487 e. The number of hydrogen-bond donors (Lipinski definition) is 0. The summed E-state index contributed by atoms with van der Waals surface area (Å²) >= 11 is 0. The molecule has 0 saturated heterocycles. The van der Waals surface area contributed by atoms with Gasteiger partial charge in [-0.2, -0.15) is 0 Å². The minimum absolute atomic E-state index is 0.626. The maximum atomic E-state index is 5.65. The van der Waals surface area contributed by atoms with E-state index in [2.05, 4.69) is 29.3 Å². The lowest BCUT2D eigenvalue weighted by Crippen LogP contribution is -2.14. The Morgan fingerprint density at radius 3 is 3.07 bits per heavy atom. The van der Waals surface area contributed by atoms with Crippen LogP contribution in [0.5, 0.6) is 5.75 Å². The Hall–Kier alpha value is -1.96. The van der Waals surface area contributed by atoms with E-state index in [9.17, 15) is 0 Å². The van der Waals surface area contributed by atoms with Crippen molar-refractivity contribution in [3.05, 3.63) is 60.5 Å². The lowest BCUT2D eigenvalue weighted by Gasteiger charge is -2.23. The average Bonchev–Trinajstić information content (AvgIpc) is 2.48. The molecular formula is C13H11NO. The smallest absolute Gasteiger partial charge is 0.143 e. The monoisotopic (exact) mass is 197 g/mol. The van der Waals surface area contributed by atoms with Crippen molar-refractivity contribution in [2.75, 3.05) is 11.5 Å². The molecule has 0 atom stereocenters. The molecule has 0 bridgehead atoms. The number of allylic oxidation sites excluding steroid dienone is 3. The maximum absolute atomic E-state index is 5.65. The number of rotatable bonds is 0. The van der Waals surface area contributed by atoms with Gasteiger partial charge in [0, 0.05) is 11.9 Å². The minimum Gasteiger partial charge on any atom is -0.487 e. The SMILES string of the molecule is C1=CC2=CCOc3ccccc3N2C=C1. The van der Waals surface area contributed by atoms with Gasteiger partial charge >= 0.3 is 0 Å². The van der Waals surface area contributed by atoms with E-state index in [0.717, 1.165) is 11.4 Å². The van der Waals surface area contributed by atoms with Crippen LogP contribution in [0.25, 0.3) is 0 Å². The quantitative estimate of drug-likeness (QED) is 0.634. The third-order valence-electron chi connectivity index (χ3n) is 2.55. The van der Waals surface area contributed by atoms with Crippen molar-refractivity contribution in [3.8, 4) is 5.75 Å². The first-order valence-corrected chi connectivity index (χ1v) is 5.01. The molecule has 3 rings (SSSR count). The second-order valence-corrected chi connectivity index (χ2v) is 3.48. The zero-order valence-electron chi connectivity index (χ0n) is 8.26. The van der Waals surface area contributed by atoms with Gasteiger partial charge in [-0.3, -0.25) is 0 Å². The minimum atomic E-state index is 0.626. The first-order valence-electron chi connectivity index (χ1n) is 5.01. The van der Waals surface area contributed by atoms with Crippen LogP contribution in [0, 0.1) is 0 Å². The van der Waals surface area contributed by atoms with E-state index in [1.54, 1.807) is 0 Å². The Balaban J connectivity index is 2.15. The van der Waals surface area contributed by atoms with E-state index in [1.807, 2.05) is 30.4 Å². The Morgan fingerprint density at radius 2 is 2.07 bits per heavy atom. The van der Waals surface area contributed by atoms with Crippen molar-refractivity contribution in [2.24, 2.45) is 0 Å². The highest BCUT2D eigenvalue weighted by atomic mass is 16.5. The van der Waals surface area contributed by atoms with Crippen LogP contribution in [0.15, 0.2) is 60.5 Å². The molecule has 0 radical (unpaired) electrons. The summed E-state index contributed by atoms with van der Waals surface area (Å²) in [5.74, 6) is 0.934. The molecule has 2 heterocycles. The van der Waals surface area contributed by atoms with Crippen LogP contribution in [-0.2, 0) is 0 Å². The normalized spacial score (nSPS) is 17.3. The highest BCUT2D eigenvalue weighted by Crippen LogP contribution is 2.34. The molecule has 0 amide bonds. The van der Waals surface area contributed by atoms with E-state index in [1.165, 1.54) is 5.70 Å². The molecule has 1 aromatic rings. The number of hydrogen-bond acceptors (Lipinski definition) is 2. The maximum Gasteiger partial charge on any atom is 0.143 e. The molecule has 2 aliphatic rings. The van der Waals surface area contributed by atoms with Gasteiger partial charge < -0.3 is 9.64 Å². The van der Waals surface area contributed by atoms with Gasteiger partial charge in [0.05, 0.1) is 5.69 Å². The molecule has 0 N–H and O–H groups in total. The highest BCUT2D eigenvalue weighted by molar-refractivity contribution is 5.67. The lowest BCUT2D eigenvalue weighted by atomic mass is 10.2. The molecule has 0 aliphatic carbocycles. The standard InChI is InChI=1S/C13H11NO/c1-2-7-13-12(6-1)14-9-4-3-5-11(14)8-10-15-13/h1-9H,10H2. The Bertz CT molecular complexity index is 471. The van der Waals surface area contributed by atoms with Gasteiger partial charge in [0.2, 0.25) is 0 Å². The summed E-state index contributed by atoms with van der Waals surface area (Å²) in [5.41, 5.74) is 2.27. The van der Waals surface area contributed by atoms with Gasteiger partial charge in [-0.1, -0.05) is 18.2 Å². The molecule has 0 fully saturated rings. The first kappa shape index (κ1) is 8.36. The number of benzene rings is 1. The predicted molar refractivity (Wildman–Crippen MR) is 60.8 cm³/mol. The number of nitrogens with zero attached hydrogens (tertiary/aromatic N) is 1. The fourth-order valence-corrected chi connectivity index (χ4v) is 1.84. The summed E-state index contributed by atoms with van der Waals surface area (Å²) in [6.07, 6.45) is 10.3. The van der Waals surface area contributed by atoms with Gasteiger partial charge in [-0.15, -0.1) is 0 Å². The van der Waals surface area contributed by atoms with Crippen molar-refractivity contribution in [1.82, 2.24) is 0 Å². The zero-order valence-corrected chi connectivity index (χ0v) is 8.26. The third-order valence-corrected chi connectivity index (χ3v) is 2.55. The molecule has 15 heavy (non-hydrogen) atoms. The second kappa shape index (κ2) is 3.31. The summed E-state index contributed by atoms with van der Waals surface area (Å²) in [5, 5.41) is 0. The molecule has 0 unspecified atom stereocenters. The molecule has 0 spiro atoms. The molecule has 0 saturated carbocycles. The topological polar surface area (TPSA) is 12.5 Å². The summed E-state index contributed by atoms with van der Waals surface area (Å²) in [4.78, 5) is 2.14. The van der Waals surface area contributed by atoms with Gasteiger partial charge in [0.25, 0.3) is 0 Å². The molecule has 2 heteroatoms. The fourth-order valence-electron chi connectivity index (χ4n) is 1.84. The van der Waals surface area contributed by atoms with Crippen LogP contribution < -0.4 is 9.64 Å². The molecule has 2 nitrogen and oxygen atoms in total. The van der Waals surface area contributed by atoms with Gasteiger partial charge in [-0.25, -0.2) is 0 Å². The Morgan fingerprint density at radius 1 is 1.13 bits per heavy atom. The highest BCUT2D eigenvalue weighted by Gasteiger charge is 2.16. The fraction of sp³-hybridized carbons (Fsp3) is 0.0769. The number of anilines is 1. The Labute approximate surface area is 88.8 Å².